The van der Waals surface area contributed by atoms with Crippen molar-refractivity contribution >= 4 is 17.7 Å². The highest BCUT2D eigenvalue weighted by atomic mass is 32.2. The van der Waals surface area contributed by atoms with E-state index in [1.54, 1.807) is 36.4 Å². The van der Waals surface area contributed by atoms with E-state index in [-0.39, 0.29) is 5.75 Å². The number of carboxylic acids is 1. The standard InChI is InChI=1S/C15H14O3S/c16-11-7-9-12(10-8-11)19-14-6-4-2-1-3-5-13(14)15(17)18/h1-3,5,7-10,16H,4,6H2,(H,17,18)/b2-1-,5-3-,14-13-. The third-order valence-electron chi connectivity index (χ3n) is 2.66. The summed E-state index contributed by atoms with van der Waals surface area (Å²) in [5.41, 5.74) is 0.336. The van der Waals surface area contributed by atoms with Gasteiger partial charge in [0.25, 0.3) is 0 Å². The lowest BCUT2D eigenvalue weighted by Gasteiger charge is -2.10. The molecule has 0 bridgehead atoms. The second-order valence-electron chi connectivity index (χ2n) is 4.06. The average molecular weight is 274 g/mol. The van der Waals surface area contributed by atoms with Crippen LogP contribution in [0.15, 0.2) is 63.9 Å². The highest BCUT2D eigenvalue weighted by molar-refractivity contribution is 8.03. The number of carboxylic acid groups (broad SMARTS) is 1. The fraction of sp³-hybridized carbons (Fsp3) is 0.133. The fourth-order valence-corrected chi connectivity index (χ4v) is 2.76. The molecule has 1 aliphatic carbocycles. The van der Waals surface area contributed by atoms with Gasteiger partial charge in [0.2, 0.25) is 0 Å². The maximum absolute atomic E-state index is 11.3. The number of carbonyl (C=O) groups is 1. The van der Waals surface area contributed by atoms with Gasteiger partial charge in [-0.25, -0.2) is 4.79 Å². The Hall–Kier alpha value is -1.94. The van der Waals surface area contributed by atoms with Crippen LogP contribution >= 0.6 is 11.8 Å². The van der Waals surface area contributed by atoms with Crippen molar-refractivity contribution in [3.63, 3.8) is 0 Å². The lowest BCUT2D eigenvalue weighted by molar-refractivity contribution is -0.132. The van der Waals surface area contributed by atoms with Crippen molar-refractivity contribution in [1.29, 1.82) is 0 Å². The summed E-state index contributed by atoms with van der Waals surface area (Å²) >= 11 is 1.43. The predicted octanol–water partition coefficient (Wildman–Crippen LogP) is 3.73. The number of hydrogen-bond donors (Lipinski definition) is 2. The molecular weight excluding hydrogens is 260 g/mol. The average Bonchev–Trinajstić information content (AvgIpc) is 2.35. The summed E-state index contributed by atoms with van der Waals surface area (Å²) in [4.78, 5) is 13.0. The Morgan fingerprint density at radius 1 is 1.16 bits per heavy atom. The number of allylic oxidation sites excluding steroid dienone is 4. The molecule has 0 saturated heterocycles. The van der Waals surface area contributed by atoms with Gasteiger partial charge in [0.15, 0.2) is 0 Å². The van der Waals surface area contributed by atoms with Gasteiger partial charge in [-0.3, -0.25) is 0 Å². The van der Waals surface area contributed by atoms with Crippen molar-refractivity contribution in [1.82, 2.24) is 0 Å². The van der Waals surface area contributed by atoms with Crippen molar-refractivity contribution in [2.45, 2.75) is 17.7 Å². The first-order valence-corrected chi connectivity index (χ1v) is 6.75. The Bertz CT molecular complexity index is 553. The second-order valence-corrected chi connectivity index (χ2v) is 5.23. The van der Waals surface area contributed by atoms with E-state index in [2.05, 4.69) is 0 Å². The SMILES string of the molecule is O=C(O)C1=C(\Sc2ccc(O)cc2)CC\C=C/C=C\1. The normalized spacial score (nSPS) is 22.3. The Morgan fingerprint density at radius 2 is 1.89 bits per heavy atom. The molecule has 0 unspecified atom stereocenters. The van der Waals surface area contributed by atoms with Gasteiger partial charge in [-0.05, 0) is 43.2 Å². The van der Waals surface area contributed by atoms with Crippen LogP contribution in [0.25, 0.3) is 0 Å². The van der Waals surface area contributed by atoms with Gasteiger partial charge in [0, 0.05) is 9.80 Å². The molecule has 0 aliphatic heterocycles. The number of aromatic hydroxyl groups is 1. The summed E-state index contributed by atoms with van der Waals surface area (Å²) in [6.07, 6.45) is 8.79. The molecule has 2 rings (SSSR count). The molecule has 19 heavy (non-hydrogen) atoms. The molecule has 0 spiro atoms. The zero-order valence-corrected chi connectivity index (χ0v) is 11.1. The minimum Gasteiger partial charge on any atom is -0.508 e. The van der Waals surface area contributed by atoms with Crippen LogP contribution in [0.4, 0.5) is 0 Å². The molecule has 0 atom stereocenters. The van der Waals surface area contributed by atoms with Crippen molar-refractivity contribution < 1.29 is 15.0 Å². The van der Waals surface area contributed by atoms with E-state index in [1.165, 1.54) is 11.8 Å². The van der Waals surface area contributed by atoms with Crippen LogP contribution in [-0.2, 0) is 4.79 Å². The van der Waals surface area contributed by atoms with E-state index in [1.807, 2.05) is 12.2 Å². The third kappa shape index (κ3) is 3.76. The van der Waals surface area contributed by atoms with Gasteiger partial charge < -0.3 is 10.2 Å². The minimum absolute atomic E-state index is 0.206. The maximum atomic E-state index is 11.3. The molecule has 4 heteroatoms. The monoisotopic (exact) mass is 274 g/mol. The summed E-state index contributed by atoms with van der Waals surface area (Å²) < 4.78 is 0. The van der Waals surface area contributed by atoms with Crippen molar-refractivity contribution in [3.05, 3.63) is 59.0 Å². The molecule has 2 N–H and O–H groups in total. The number of hydrogen-bond acceptors (Lipinski definition) is 3. The molecule has 1 aromatic carbocycles. The van der Waals surface area contributed by atoms with E-state index < -0.39 is 5.97 Å². The smallest absolute Gasteiger partial charge is 0.336 e. The van der Waals surface area contributed by atoms with Crippen LogP contribution < -0.4 is 0 Å². The number of benzene rings is 1. The highest BCUT2D eigenvalue weighted by Crippen LogP contribution is 2.34. The highest BCUT2D eigenvalue weighted by Gasteiger charge is 2.13. The third-order valence-corrected chi connectivity index (χ3v) is 3.84. The van der Waals surface area contributed by atoms with E-state index >= 15 is 0 Å². The Morgan fingerprint density at radius 3 is 2.58 bits per heavy atom. The van der Waals surface area contributed by atoms with Crippen LogP contribution in [0, 0.1) is 0 Å². The Balaban J connectivity index is 2.30. The lowest BCUT2D eigenvalue weighted by atomic mass is 10.1. The molecular formula is C15H14O3S. The molecule has 0 saturated carbocycles. The van der Waals surface area contributed by atoms with Crippen molar-refractivity contribution in [2.24, 2.45) is 0 Å². The zero-order chi connectivity index (χ0) is 13.7. The number of aliphatic carboxylic acids is 1. The number of phenolic OH excluding ortho intramolecular Hbond substituents is 1. The van der Waals surface area contributed by atoms with E-state index in [9.17, 15) is 15.0 Å². The van der Waals surface area contributed by atoms with Crippen molar-refractivity contribution in [2.75, 3.05) is 0 Å². The summed E-state index contributed by atoms with van der Waals surface area (Å²) in [5.74, 6) is -0.704. The van der Waals surface area contributed by atoms with Gasteiger partial charge in [-0.15, -0.1) is 0 Å². The molecule has 0 radical (unpaired) electrons. The molecule has 1 aliphatic rings. The topological polar surface area (TPSA) is 57.5 Å². The lowest BCUT2D eigenvalue weighted by Crippen LogP contribution is -2.02. The second kappa shape index (κ2) is 6.29. The molecule has 0 fully saturated rings. The molecule has 0 heterocycles. The van der Waals surface area contributed by atoms with E-state index in [0.29, 0.717) is 12.0 Å². The van der Waals surface area contributed by atoms with Gasteiger partial charge >= 0.3 is 5.97 Å². The largest absolute Gasteiger partial charge is 0.508 e. The molecule has 0 amide bonds. The Labute approximate surface area is 116 Å². The van der Waals surface area contributed by atoms with Gasteiger partial charge in [0.1, 0.15) is 5.75 Å². The number of phenols is 1. The Kier molecular flexibility index (Phi) is 4.47. The first kappa shape index (κ1) is 13.5. The van der Waals surface area contributed by atoms with E-state index in [4.69, 9.17) is 0 Å². The van der Waals surface area contributed by atoms with Gasteiger partial charge in [-0.2, -0.15) is 0 Å². The van der Waals surface area contributed by atoms with Crippen molar-refractivity contribution in [3.8, 4) is 5.75 Å². The quantitative estimate of drug-likeness (QED) is 0.881. The van der Waals surface area contributed by atoms with Crippen LogP contribution in [0.1, 0.15) is 12.8 Å². The predicted molar refractivity (Wildman–Crippen MR) is 76.1 cm³/mol. The number of thioether (sulfide) groups is 1. The van der Waals surface area contributed by atoms with Gasteiger partial charge in [-0.1, -0.05) is 30.0 Å². The molecule has 3 nitrogen and oxygen atoms in total. The minimum atomic E-state index is -0.909. The van der Waals surface area contributed by atoms with E-state index in [0.717, 1.165) is 16.2 Å². The summed E-state index contributed by atoms with van der Waals surface area (Å²) in [6.45, 7) is 0. The summed E-state index contributed by atoms with van der Waals surface area (Å²) in [5, 5.41) is 18.5. The molecule has 98 valence electrons. The first-order valence-electron chi connectivity index (χ1n) is 5.93. The van der Waals surface area contributed by atoms with Crippen LogP contribution in [0.5, 0.6) is 5.75 Å². The maximum Gasteiger partial charge on any atom is 0.336 e. The summed E-state index contributed by atoms with van der Waals surface area (Å²) in [6, 6.07) is 6.76. The zero-order valence-electron chi connectivity index (χ0n) is 10.2. The van der Waals surface area contributed by atoms with Gasteiger partial charge in [0.05, 0.1) is 5.57 Å². The van der Waals surface area contributed by atoms with Crippen LogP contribution in [0.3, 0.4) is 0 Å². The fourth-order valence-electron chi connectivity index (χ4n) is 1.72. The molecule has 0 aromatic heterocycles. The summed E-state index contributed by atoms with van der Waals surface area (Å²) in [7, 11) is 0. The molecule has 1 aromatic rings. The first-order chi connectivity index (χ1) is 9.16. The van der Waals surface area contributed by atoms with Crippen LogP contribution in [-0.4, -0.2) is 16.2 Å². The van der Waals surface area contributed by atoms with Crippen LogP contribution in [0.2, 0.25) is 0 Å². The number of rotatable bonds is 3.